The first-order chi connectivity index (χ1) is 15.7. The number of hydrogen-bond donors (Lipinski definition) is 6. The van der Waals surface area contributed by atoms with Crippen molar-refractivity contribution in [3.63, 3.8) is 0 Å². The highest BCUT2D eigenvalue weighted by molar-refractivity contribution is 5.89. The molecule has 0 amide bonds. The van der Waals surface area contributed by atoms with Crippen molar-refractivity contribution < 1.29 is 49.3 Å². The molecule has 33 heavy (non-hydrogen) atoms. The number of phenols is 2. The quantitative estimate of drug-likeness (QED) is 0.302. The van der Waals surface area contributed by atoms with Crippen LogP contribution in [-0.2, 0) is 4.74 Å². The summed E-state index contributed by atoms with van der Waals surface area (Å²) in [5.74, 6) is -0.863. The maximum atomic E-state index is 12.7. The van der Waals surface area contributed by atoms with E-state index in [9.17, 15) is 35.4 Å². The number of aromatic hydroxyl groups is 2. The number of rotatable bonds is 5. The van der Waals surface area contributed by atoms with Crippen molar-refractivity contribution >= 4 is 11.0 Å². The van der Waals surface area contributed by atoms with E-state index >= 15 is 0 Å². The highest BCUT2D eigenvalue weighted by atomic mass is 16.7. The van der Waals surface area contributed by atoms with E-state index in [1.165, 1.54) is 43.5 Å². The number of fused-ring (bicyclic) bond motifs is 1. The minimum Gasteiger partial charge on any atom is -0.508 e. The molecule has 0 aliphatic carbocycles. The van der Waals surface area contributed by atoms with Gasteiger partial charge >= 0.3 is 0 Å². The number of phenolic OH excluding ortho intramolecular Hbond substituents is 2. The van der Waals surface area contributed by atoms with Crippen molar-refractivity contribution in [2.45, 2.75) is 30.7 Å². The zero-order valence-corrected chi connectivity index (χ0v) is 17.3. The molecule has 1 aromatic heterocycles. The molecule has 2 heterocycles. The van der Waals surface area contributed by atoms with Crippen molar-refractivity contribution in [3.05, 3.63) is 46.6 Å². The highest BCUT2D eigenvalue weighted by Gasteiger charge is 2.45. The standard InChI is InChI=1S/C22H22O11/c1-30-21-14(32-22-20(29)19(28)17(26)15(8-23)33-22)7-13-16(18(21)27)11(25)6-12(31-13)9-2-4-10(24)5-3-9/h2-7,15,17,19-20,22-24,26-29H,8H2,1H3/t15-,17-,19+,20-,22?/m1/s1. The van der Waals surface area contributed by atoms with Crippen LogP contribution in [0.25, 0.3) is 22.3 Å². The Labute approximate surface area is 186 Å². The van der Waals surface area contributed by atoms with Gasteiger partial charge in [0.25, 0.3) is 0 Å². The van der Waals surface area contributed by atoms with Crippen molar-refractivity contribution in [1.82, 2.24) is 0 Å². The molecule has 3 aromatic rings. The second kappa shape index (κ2) is 8.89. The van der Waals surface area contributed by atoms with E-state index in [0.29, 0.717) is 5.56 Å². The number of methoxy groups -OCH3 is 1. The maximum Gasteiger partial charge on any atom is 0.229 e. The predicted molar refractivity (Wildman–Crippen MR) is 112 cm³/mol. The fraction of sp³-hybridized carbons (Fsp3) is 0.318. The SMILES string of the molecule is COc1c(OC2O[C@H](CO)[C@@H](O)[C@H](O)[C@H]2O)cc2oc(-c3ccc(O)cc3)cc(=O)c2c1O. The summed E-state index contributed by atoms with van der Waals surface area (Å²) in [5.41, 5.74) is -0.170. The van der Waals surface area contributed by atoms with Crippen LogP contribution >= 0.6 is 0 Å². The Kier molecular flexibility index (Phi) is 6.15. The van der Waals surface area contributed by atoms with Crippen molar-refractivity contribution in [2.75, 3.05) is 13.7 Å². The van der Waals surface area contributed by atoms with Crippen LogP contribution < -0.4 is 14.9 Å². The van der Waals surface area contributed by atoms with Crippen LogP contribution in [0.15, 0.2) is 45.6 Å². The molecule has 1 unspecified atom stereocenters. The molecule has 0 bridgehead atoms. The highest BCUT2D eigenvalue weighted by Crippen LogP contribution is 2.43. The van der Waals surface area contributed by atoms with Crippen LogP contribution in [0, 0.1) is 0 Å². The lowest BCUT2D eigenvalue weighted by atomic mass is 9.99. The van der Waals surface area contributed by atoms with Gasteiger partial charge < -0.3 is 49.3 Å². The van der Waals surface area contributed by atoms with Crippen LogP contribution in [-0.4, -0.2) is 75.1 Å². The van der Waals surface area contributed by atoms with Gasteiger partial charge in [0.2, 0.25) is 12.0 Å². The van der Waals surface area contributed by atoms with Crippen LogP contribution in [0.5, 0.6) is 23.0 Å². The van der Waals surface area contributed by atoms with Gasteiger partial charge in [-0.15, -0.1) is 0 Å². The molecular formula is C22H22O11. The summed E-state index contributed by atoms with van der Waals surface area (Å²) in [7, 11) is 1.22. The Hall–Kier alpha value is -3.35. The monoisotopic (exact) mass is 462 g/mol. The minimum absolute atomic E-state index is 0.0273. The van der Waals surface area contributed by atoms with Crippen LogP contribution in [0.3, 0.4) is 0 Å². The normalized spacial score (nSPS) is 25.2. The number of aliphatic hydroxyl groups is 4. The first kappa shape index (κ1) is 22.8. The van der Waals surface area contributed by atoms with E-state index in [1.54, 1.807) is 0 Å². The second-order valence-electron chi connectivity index (χ2n) is 7.47. The number of benzene rings is 2. The molecule has 0 saturated carbocycles. The zero-order chi connectivity index (χ0) is 23.9. The number of hydrogen-bond acceptors (Lipinski definition) is 11. The summed E-state index contributed by atoms with van der Waals surface area (Å²) in [4.78, 5) is 12.7. The van der Waals surface area contributed by atoms with Crippen LogP contribution in [0.4, 0.5) is 0 Å². The topological polar surface area (TPSA) is 179 Å². The second-order valence-corrected chi connectivity index (χ2v) is 7.47. The Morgan fingerprint density at radius 1 is 1.00 bits per heavy atom. The summed E-state index contributed by atoms with van der Waals surface area (Å²) < 4.78 is 21.9. The van der Waals surface area contributed by atoms with E-state index in [1.807, 2.05) is 0 Å². The predicted octanol–water partition coefficient (Wildman–Crippen LogP) is 0.0585. The van der Waals surface area contributed by atoms with Crippen molar-refractivity contribution in [3.8, 4) is 34.3 Å². The molecular weight excluding hydrogens is 440 g/mol. The van der Waals surface area contributed by atoms with Crippen molar-refractivity contribution in [1.29, 1.82) is 0 Å². The van der Waals surface area contributed by atoms with Crippen molar-refractivity contribution in [2.24, 2.45) is 0 Å². The lowest BCUT2D eigenvalue weighted by Crippen LogP contribution is -2.60. The third kappa shape index (κ3) is 4.08. The van der Waals surface area contributed by atoms with E-state index in [4.69, 9.17) is 18.6 Å². The van der Waals surface area contributed by atoms with Crippen LogP contribution in [0.2, 0.25) is 0 Å². The molecule has 0 spiro atoms. The molecule has 1 fully saturated rings. The molecule has 6 N–H and O–H groups in total. The lowest BCUT2D eigenvalue weighted by Gasteiger charge is -2.39. The van der Waals surface area contributed by atoms with Gasteiger partial charge in [-0.3, -0.25) is 4.79 Å². The lowest BCUT2D eigenvalue weighted by molar-refractivity contribution is -0.277. The first-order valence-corrected chi connectivity index (χ1v) is 9.89. The molecule has 0 radical (unpaired) electrons. The molecule has 4 rings (SSSR count). The third-order valence-corrected chi connectivity index (χ3v) is 5.36. The average Bonchev–Trinajstić information content (AvgIpc) is 2.79. The molecule has 176 valence electrons. The third-order valence-electron chi connectivity index (χ3n) is 5.36. The van der Waals surface area contributed by atoms with E-state index in [-0.39, 0.29) is 34.0 Å². The Balaban J connectivity index is 1.79. The molecule has 1 aliphatic heterocycles. The molecule has 1 aliphatic rings. The van der Waals surface area contributed by atoms with Gasteiger partial charge in [0.1, 0.15) is 46.9 Å². The molecule has 11 heteroatoms. The van der Waals surface area contributed by atoms with Gasteiger partial charge in [-0.1, -0.05) is 0 Å². The maximum absolute atomic E-state index is 12.7. The Morgan fingerprint density at radius 3 is 2.33 bits per heavy atom. The summed E-state index contributed by atoms with van der Waals surface area (Å²) in [6.07, 6.45) is -7.74. The van der Waals surface area contributed by atoms with Crippen LogP contribution in [0.1, 0.15) is 0 Å². The summed E-state index contributed by atoms with van der Waals surface area (Å²) in [5, 5.41) is 59.5. The Bertz CT molecular complexity index is 1200. The zero-order valence-electron chi connectivity index (χ0n) is 17.3. The van der Waals surface area contributed by atoms with Gasteiger partial charge in [-0.25, -0.2) is 0 Å². The first-order valence-electron chi connectivity index (χ1n) is 9.89. The Morgan fingerprint density at radius 2 is 1.70 bits per heavy atom. The van der Waals surface area contributed by atoms with Gasteiger partial charge in [-0.05, 0) is 24.3 Å². The molecule has 1 saturated heterocycles. The fourth-order valence-corrected chi connectivity index (χ4v) is 3.60. The van der Waals surface area contributed by atoms with Gasteiger partial charge in [0.15, 0.2) is 16.9 Å². The minimum atomic E-state index is -1.71. The summed E-state index contributed by atoms with van der Waals surface area (Å²) >= 11 is 0. The number of ether oxygens (including phenoxy) is 3. The summed E-state index contributed by atoms with van der Waals surface area (Å²) in [6, 6.07) is 8.31. The van der Waals surface area contributed by atoms with Gasteiger partial charge in [0.05, 0.1) is 13.7 Å². The molecule has 2 aromatic carbocycles. The van der Waals surface area contributed by atoms with Gasteiger partial charge in [0, 0.05) is 17.7 Å². The summed E-state index contributed by atoms with van der Waals surface area (Å²) in [6.45, 7) is -0.657. The fourth-order valence-electron chi connectivity index (χ4n) is 3.60. The average molecular weight is 462 g/mol. The molecule has 5 atom stereocenters. The largest absolute Gasteiger partial charge is 0.508 e. The van der Waals surface area contributed by atoms with E-state index in [2.05, 4.69) is 0 Å². The van der Waals surface area contributed by atoms with Gasteiger partial charge in [-0.2, -0.15) is 0 Å². The van der Waals surface area contributed by atoms with E-state index in [0.717, 1.165) is 0 Å². The van der Waals surface area contributed by atoms with E-state index < -0.39 is 48.5 Å². The molecule has 11 nitrogen and oxygen atoms in total. The smallest absolute Gasteiger partial charge is 0.229 e. The number of aliphatic hydroxyl groups excluding tert-OH is 4.